The average Bonchev–Trinajstić information content (AvgIpc) is 2.82. The van der Waals surface area contributed by atoms with Crippen molar-refractivity contribution in [2.45, 2.75) is 0 Å². The van der Waals surface area contributed by atoms with Gasteiger partial charge in [0, 0.05) is 37.1 Å². The zero-order valence-corrected chi connectivity index (χ0v) is 16.8. The Morgan fingerprint density at radius 1 is 0.774 bits per heavy atom. The Bertz CT molecular complexity index is 1110. The van der Waals surface area contributed by atoms with Crippen LogP contribution < -0.4 is 9.84 Å². The smallest absolute Gasteiger partial charge is 0.260 e. The zero-order chi connectivity index (χ0) is 21.8. The number of carbonyl (C=O) groups excluding carboxylic acids is 3. The summed E-state index contributed by atoms with van der Waals surface area (Å²) in [5.41, 5.74) is 0.433. The van der Waals surface area contributed by atoms with Crippen LogP contribution in [0.15, 0.2) is 66.7 Å². The van der Waals surface area contributed by atoms with E-state index in [1.54, 1.807) is 9.80 Å². The molecular formula is C24H21N2O5-. The van der Waals surface area contributed by atoms with E-state index in [-0.39, 0.29) is 24.0 Å². The Morgan fingerprint density at radius 3 is 2.10 bits per heavy atom. The summed E-state index contributed by atoms with van der Waals surface area (Å²) >= 11 is 0. The van der Waals surface area contributed by atoms with Gasteiger partial charge in [-0.1, -0.05) is 48.5 Å². The van der Waals surface area contributed by atoms with Gasteiger partial charge in [0.2, 0.25) is 0 Å². The summed E-state index contributed by atoms with van der Waals surface area (Å²) in [4.78, 5) is 39.4. The van der Waals surface area contributed by atoms with Gasteiger partial charge in [0.1, 0.15) is 5.75 Å². The molecule has 0 N–H and O–H groups in total. The number of aromatic carboxylic acids is 1. The molecule has 0 saturated carbocycles. The van der Waals surface area contributed by atoms with Gasteiger partial charge in [0.15, 0.2) is 6.61 Å². The van der Waals surface area contributed by atoms with Crippen LogP contribution in [0.1, 0.15) is 20.7 Å². The molecule has 0 spiro atoms. The van der Waals surface area contributed by atoms with Gasteiger partial charge in [0.25, 0.3) is 11.8 Å². The Morgan fingerprint density at radius 2 is 1.39 bits per heavy atom. The molecule has 1 fully saturated rings. The first kappa shape index (κ1) is 20.4. The maximum atomic E-state index is 12.6. The molecule has 0 aromatic heterocycles. The van der Waals surface area contributed by atoms with Gasteiger partial charge in [-0.15, -0.1) is 0 Å². The van der Waals surface area contributed by atoms with E-state index in [9.17, 15) is 19.5 Å². The molecular weight excluding hydrogens is 396 g/mol. The molecule has 0 unspecified atom stereocenters. The number of benzene rings is 3. The van der Waals surface area contributed by atoms with Gasteiger partial charge in [-0.3, -0.25) is 9.59 Å². The van der Waals surface area contributed by atoms with Gasteiger partial charge in [0.05, 0.1) is 5.97 Å². The lowest BCUT2D eigenvalue weighted by molar-refractivity contribution is -0.255. The molecule has 0 radical (unpaired) electrons. The van der Waals surface area contributed by atoms with Crippen molar-refractivity contribution in [2.24, 2.45) is 0 Å². The van der Waals surface area contributed by atoms with Crippen molar-refractivity contribution in [2.75, 3.05) is 32.8 Å². The van der Waals surface area contributed by atoms with Crippen LogP contribution in [-0.2, 0) is 4.79 Å². The number of ether oxygens (including phenoxy) is 1. The highest BCUT2D eigenvalue weighted by Crippen LogP contribution is 2.25. The molecule has 3 aromatic rings. The van der Waals surface area contributed by atoms with Crippen LogP contribution in [0, 0.1) is 0 Å². The Hall–Kier alpha value is -3.87. The molecule has 31 heavy (non-hydrogen) atoms. The van der Waals surface area contributed by atoms with Crippen molar-refractivity contribution in [1.29, 1.82) is 0 Å². The summed E-state index contributed by atoms with van der Waals surface area (Å²) in [6, 6.07) is 19.2. The van der Waals surface area contributed by atoms with Crippen LogP contribution in [0.3, 0.4) is 0 Å². The fraction of sp³-hybridized carbons (Fsp3) is 0.208. The highest BCUT2D eigenvalue weighted by molar-refractivity contribution is 5.96. The topological polar surface area (TPSA) is 90.0 Å². The van der Waals surface area contributed by atoms with Crippen molar-refractivity contribution >= 4 is 28.6 Å². The minimum atomic E-state index is -1.28. The molecule has 158 valence electrons. The normalized spacial score (nSPS) is 13.8. The highest BCUT2D eigenvalue weighted by Gasteiger charge is 2.25. The Balaban J connectivity index is 1.31. The maximum Gasteiger partial charge on any atom is 0.260 e. The number of hydrogen-bond acceptors (Lipinski definition) is 5. The standard InChI is InChI=1S/C24H22N2O5/c27-22(16-31-21-7-3-5-17-4-1-2-6-20(17)21)25-12-14-26(15-13-25)23(28)18-8-10-19(11-9-18)24(29)30/h1-11H,12-16H2,(H,29,30)/p-1. The van der Waals surface area contributed by atoms with Gasteiger partial charge >= 0.3 is 0 Å². The molecule has 1 aliphatic heterocycles. The van der Waals surface area contributed by atoms with Crippen LogP contribution in [0.25, 0.3) is 10.8 Å². The van der Waals surface area contributed by atoms with Crippen molar-refractivity contribution in [3.05, 3.63) is 77.9 Å². The molecule has 7 nitrogen and oxygen atoms in total. The largest absolute Gasteiger partial charge is 0.545 e. The number of hydrogen-bond donors (Lipinski definition) is 0. The van der Waals surface area contributed by atoms with E-state index in [2.05, 4.69) is 0 Å². The van der Waals surface area contributed by atoms with Crippen LogP contribution in [-0.4, -0.2) is 60.4 Å². The number of nitrogens with zero attached hydrogens (tertiary/aromatic N) is 2. The molecule has 1 saturated heterocycles. The van der Waals surface area contributed by atoms with E-state index in [0.717, 1.165) is 10.8 Å². The highest BCUT2D eigenvalue weighted by atomic mass is 16.5. The van der Waals surface area contributed by atoms with Crippen LogP contribution >= 0.6 is 0 Å². The fourth-order valence-electron chi connectivity index (χ4n) is 3.64. The van der Waals surface area contributed by atoms with E-state index >= 15 is 0 Å². The molecule has 7 heteroatoms. The summed E-state index contributed by atoms with van der Waals surface area (Å²) in [6.45, 7) is 1.58. The first-order valence-corrected chi connectivity index (χ1v) is 10.0. The molecule has 2 amide bonds. The van der Waals surface area contributed by atoms with Crippen LogP contribution in [0.2, 0.25) is 0 Å². The summed E-state index contributed by atoms with van der Waals surface area (Å²) in [5.74, 6) is -0.931. The average molecular weight is 417 g/mol. The minimum Gasteiger partial charge on any atom is -0.545 e. The first-order chi connectivity index (χ1) is 15.0. The van der Waals surface area contributed by atoms with Crippen molar-refractivity contribution in [3.8, 4) is 5.75 Å². The predicted molar refractivity (Wildman–Crippen MR) is 113 cm³/mol. The SMILES string of the molecule is O=C([O-])c1ccc(C(=O)N2CCN(C(=O)COc3cccc4ccccc34)CC2)cc1. The molecule has 3 aromatic carbocycles. The molecule has 0 bridgehead atoms. The van der Waals surface area contributed by atoms with E-state index in [1.807, 2.05) is 42.5 Å². The molecule has 4 rings (SSSR count). The number of piperazine rings is 1. The lowest BCUT2D eigenvalue weighted by Gasteiger charge is -2.34. The first-order valence-electron chi connectivity index (χ1n) is 10.0. The quantitative estimate of drug-likeness (QED) is 0.629. The van der Waals surface area contributed by atoms with Gasteiger partial charge < -0.3 is 24.4 Å². The maximum absolute atomic E-state index is 12.6. The van der Waals surface area contributed by atoms with Gasteiger partial charge in [-0.2, -0.15) is 0 Å². The van der Waals surface area contributed by atoms with E-state index < -0.39 is 5.97 Å². The van der Waals surface area contributed by atoms with Crippen molar-refractivity contribution < 1.29 is 24.2 Å². The van der Waals surface area contributed by atoms with Gasteiger partial charge in [-0.25, -0.2) is 0 Å². The minimum absolute atomic E-state index is 0.0261. The predicted octanol–water partition coefficient (Wildman–Crippen LogP) is 1.57. The Labute approximate surface area is 179 Å². The number of carboxylic acids is 1. The van der Waals surface area contributed by atoms with Crippen LogP contribution in [0.4, 0.5) is 0 Å². The van der Waals surface area contributed by atoms with E-state index in [4.69, 9.17) is 4.74 Å². The molecule has 1 heterocycles. The molecule has 1 aliphatic rings. The number of fused-ring (bicyclic) bond motifs is 1. The second kappa shape index (κ2) is 8.87. The summed E-state index contributed by atoms with van der Waals surface area (Å²) < 4.78 is 5.78. The third kappa shape index (κ3) is 4.50. The third-order valence-electron chi connectivity index (χ3n) is 5.39. The zero-order valence-electron chi connectivity index (χ0n) is 16.8. The number of carbonyl (C=O) groups is 3. The molecule has 0 aliphatic carbocycles. The Kier molecular flexibility index (Phi) is 5.84. The summed E-state index contributed by atoms with van der Waals surface area (Å²) in [5, 5.41) is 12.8. The lowest BCUT2D eigenvalue weighted by Crippen LogP contribution is -2.51. The lowest BCUT2D eigenvalue weighted by atomic mass is 10.1. The molecule has 0 atom stereocenters. The van der Waals surface area contributed by atoms with Crippen molar-refractivity contribution in [1.82, 2.24) is 9.80 Å². The van der Waals surface area contributed by atoms with E-state index in [1.165, 1.54) is 24.3 Å². The van der Waals surface area contributed by atoms with E-state index in [0.29, 0.717) is 37.5 Å². The number of carboxylic acid groups (broad SMARTS) is 1. The second-order valence-electron chi connectivity index (χ2n) is 7.30. The number of amides is 2. The van der Waals surface area contributed by atoms with Crippen LogP contribution in [0.5, 0.6) is 5.75 Å². The summed E-state index contributed by atoms with van der Waals surface area (Å²) in [7, 11) is 0. The summed E-state index contributed by atoms with van der Waals surface area (Å²) in [6.07, 6.45) is 0. The second-order valence-corrected chi connectivity index (χ2v) is 7.30. The number of rotatable bonds is 5. The monoisotopic (exact) mass is 417 g/mol. The van der Waals surface area contributed by atoms with Gasteiger partial charge in [-0.05, 0) is 29.1 Å². The third-order valence-corrected chi connectivity index (χ3v) is 5.39. The van der Waals surface area contributed by atoms with Crippen molar-refractivity contribution in [3.63, 3.8) is 0 Å². The fourth-order valence-corrected chi connectivity index (χ4v) is 3.64.